The van der Waals surface area contributed by atoms with Crippen molar-refractivity contribution >= 4 is 17.3 Å². The molecule has 6 heteroatoms. The highest BCUT2D eigenvalue weighted by atomic mass is 35.5. The van der Waals surface area contributed by atoms with Crippen LogP contribution in [0.4, 0.5) is 18.9 Å². The highest BCUT2D eigenvalue weighted by Gasteiger charge is 2.38. The number of aliphatic hydroxyl groups is 1. The smallest absolute Gasteiger partial charge is 0.389 e. The van der Waals surface area contributed by atoms with E-state index in [0.717, 1.165) is 12.8 Å². The predicted molar refractivity (Wildman–Crippen MR) is 68.5 cm³/mol. The van der Waals surface area contributed by atoms with Crippen LogP contribution in [0.3, 0.4) is 0 Å². The van der Waals surface area contributed by atoms with Gasteiger partial charge in [0.1, 0.15) is 6.54 Å². The van der Waals surface area contributed by atoms with Crippen molar-refractivity contribution in [1.82, 2.24) is 0 Å². The van der Waals surface area contributed by atoms with Gasteiger partial charge in [-0.2, -0.15) is 13.2 Å². The Balaban J connectivity index is 2.27. The molecule has 0 heterocycles. The van der Waals surface area contributed by atoms with Crippen LogP contribution < -0.4 is 4.90 Å². The lowest BCUT2D eigenvalue weighted by atomic mass is 10.1. The van der Waals surface area contributed by atoms with E-state index >= 15 is 0 Å². The molecule has 1 saturated carbocycles. The minimum atomic E-state index is -4.26. The van der Waals surface area contributed by atoms with Crippen molar-refractivity contribution in [3.8, 4) is 0 Å². The molecule has 0 radical (unpaired) electrons. The monoisotopic (exact) mass is 293 g/mol. The lowest BCUT2D eigenvalue weighted by molar-refractivity contribution is -0.120. The molecule has 1 fully saturated rings. The molecule has 0 aliphatic heterocycles. The van der Waals surface area contributed by atoms with Crippen molar-refractivity contribution in [2.24, 2.45) is 0 Å². The van der Waals surface area contributed by atoms with Crippen LogP contribution in [0.5, 0.6) is 0 Å². The van der Waals surface area contributed by atoms with Gasteiger partial charge >= 0.3 is 6.18 Å². The summed E-state index contributed by atoms with van der Waals surface area (Å²) in [7, 11) is 0. The van der Waals surface area contributed by atoms with Gasteiger partial charge in [-0.15, -0.1) is 0 Å². The van der Waals surface area contributed by atoms with E-state index in [1.54, 1.807) is 19.1 Å². The van der Waals surface area contributed by atoms with Crippen LogP contribution >= 0.6 is 11.6 Å². The first kappa shape index (κ1) is 14.5. The highest BCUT2D eigenvalue weighted by Crippen LogP contribution is 2.38. The van der Waals surface area contributed by atoms with Crippen LogP contribution in [0.2, 0.25) is 5.02 Å². The van der Waals surface area contributed by atoms with E-state index in [2.05, 4.69) is 0 Å². The minimum absolute atomic E-state index is 0.0866. The van der Waals surface area contributed by atoms with Crippen LogP contribution in [-0.4, -0.2) is 23.9 Å². The number of hydrogen-bond donors (Lipinski definition) is 1. The Morgan fingerprint density at radius 1 is 1.42 bits per heavy atom. The molecule has 1 aromatic carbocycles. The maximum absolute atomic E-state index is 12.6. The number of halogens is 4. The second kappa shape index (κ2) is 5.21. The molecule has 0 bridgehead atoms. The SMILES string of the molecule is C[C@@H](O)c1ccc(N(CC(F)(F)F)C2CC2)c(Cl)c1. The summed E-state index contributed by atoms with van der Waals surface area (Å²) >= 11 is 6.05. The van der Waals surface area contributed by atoms with Gasteiger partial charge in [0.15, 0.2) is 0 Å². The zero-order valence-electron chi connectivity index (χ0n) is 10.4. The number of benzene rings is 1. The maximum Gasteiger partial charge on any atom is 0.405 e. The van der Waals surface area contributed by atoms with E-state index in [9.17, 15) is 18.3 Å². The summed E-state index contributed by atoms with van der Waals surface area (Å²) in [5.41, 5.74) is 0.974. The van der Waals surface area contributed by atoms with Gasteiger partial charge in [-0.25, -0.2) is 0 Å². The lowest BCUT2D eigenvalue weighted by Crippen LogP contribution is -2.36. The van der Waals surface area contributed by atoms with Gasteiger partial charge in [-0.05, 0) is 37.5 Å². The van der Waals surface area contributed by atoms with Gasteiger partial charge in [-0.3, -0.25) is 0 Å². The Labute approximate surface area is 114 Å². The maximum atomic E-state index is 12.6. The number of aliphatic hydroxyl groups excluding tert-OH is 1. The number of anilines is 1. The fraction of sp³-hybridized carbons (Fsp3) is 0.538. The summed E-state index contributed by atoms with van der Waals surface area (Å²) in [5, 5.41) is 9.68. The normalized spacial score (nSPS) is 17.4. The molecule has 1 aliphatic carbocycles. The zero-order chi connectivity index (χ0) is 14.2. The standard InChI is InChI=1S/C13H15ClF3NO/c1-8(19)9-2-5-12(11(14)6-9)18(10-3-4-10)7-13(15,16)17/h2,5-6,8,10,19H,3-4,7H2,1H3/t8-/m1/s1. The van der Waals surface area contributed by atoms with E-state index in [4.69, 9.17) is 11.6 Å². The summed E-state index contributed by atoms with van der Waals surface area (Å²) in [6.07, 6.45) is -3.44. The molecule has 1 atom stereocenters. The van der Waals surface area contributed by atoms with Crippen LogP contribution in [0.15, 0.2) is 18.2 Å². The van der Waals surface area contributed by atoms with Crippen molar-refractivity contribution in [2.75, 3.05) is 11.4 Å². The molecule has 1 aliphatic rings. The third-order valence-electron chi connectivity index (χ3n) is 3.10. The van der Waals surface area contributed by atoms with Gasteiger partial charge in [-0.1, -0.05) is 17.7 Å². The van der Waals surface area contributed by atoms with E-state index < -0.39 is 18.8 Å². The number of hydrogen-bond acceptors (Lipinski definition) is 2. The molecule has 0 spiro atoms. The van der Waals surface area contributed by atoms with Crippen LogP contribution in [0.1, 0.15) is 31.4 Å². The van der Waals surface area contributed by atoms with Crippen LogP contribution in [0, 0.1) is 0 Å². The fourth-order valence-electron chi connectivity index (χ4n) is 2.01. The van der Waals surface area contributed by atoms with Crippen molar-refractivity contribution < 1.29 is 18.3 Å². The summed E-state index contributed by atoms with van der Waals surface area (Å²) in [5.74, 6) is 0. The van der Waals surface area contributed by atoms with E-state index in [1.165, 1.54) is 11.0 Å². The topological polar surface area (TPSA) is 23.5 Å². The molecule has 0 aromatic heterocycles. The predicted octanol–water partition coefficient (Wildman–Crippen LogP) is 3.92. The molecule has 1 N–H and O–H groups in total. The third-order valence-corrected chi connectivity index (χ3v) is 3.40. The summed E-state index contributed by atoms with van der Waals surface area (Å²) in [6, 6.07) is 4.59. The summed E-state index contributed by atoms with van der Waals surface area (Å²) in [4.78, 5) is 1.30. The van der Waals surface area contributed by atoms with E-state index in [1.807, 2.05) is 0 Å². The molecule has 0 amide bonds. The molecular weight excluding hydrogens is 279 g/mol. The van der Waals surface area contributed by atoms with Gasteiger partial charge in [0.2, 0.25) is 0 Å². The Morgan fingerprint density at radius 2 is 2.05 bits per heavy atom. The van der Waals surface area contributed by atoms with Crippen LogP contribution in [-0.2, 0) is 0 Å². The van der Waals surface area contributed by atoms with Gasteiger partial charge in [0.25, 0.3) is 0 Å². The Kier molecular flexibility index (Phi) is 3.97. The van der Waals surface area contributed by atoms with Crippen molar-refractivity contribution in [2.45, 2.75) is 38.1 Å². The first-order chi connectivity index (χ1) is 8.78. The summed E-state index contributed by atoms with van der Waals surface area (Å²) in [6.45, 7) is 0.588. The molecular formula is C13H15ClF3NO. The summed E-state index contributed by atoms with van der Waals surface area (Å²) < 4.78 is 37.8. The second-order valence-corrected chi connectivity index (χ2v) is 5.27. The molecule has 19 heavy (non-hydrogen) atoms. The van der Waals surface area contributed by atoms with Gasteiger partial charge < -0.3 is 10.0 Å². The van der Waals surface area contributed by atoms with Crippen molar-refractivity contribution in [1.29, 1.82) is 0 Å². The van der Waals surface area contributed by atoms with Crippen molar-refractivity contribution in [3.63, 3.8) is 0 Å². The lowest BCUT2D eigenvalue weighted by Gasteiger charge is -2.27. The minimum Gasteiger partial charge on any atom is -0.389 e. The average molecular weight is 294 g/mol. The molecule has 0 saturated heterocycles. The number of nitrogens with zero attached hydrogens (tertiary/aromatic N) is 1. The van der Waals surface area contributed by atoms with Crippen LogP contribution in [0.25, 0.3) is 0 Å². The largest absolute Gasteiger partial charge is 0.405 e. The molecule has 1 aromatic rings. The van der Waals surface area contributed by atoms with E-state index in [0.29, 0.717) is 11.3 Å². The Morgan fingerprint density at radius 3 is 2.47 bits per heavy atom. The van der Waals surface area contributed by atoms with Gasteiger partial charge in [0.05, 0.1) is 16.8 Å². The first-order valence-electron chi connectivity index (χ1n) is 6.09. The molecule has 106 valence electrons. The van der Waals surface area contributed by atoms with Gasteiger partial charge in [0, 0.05) is 6.04 Å². The molecule has 2 nitrogen and oxygen atoms in total. The Bertz CT molecular complexity index is 458. The zero-order valence-corrected chi connectivity index (χ0v) is 11.2. The highest BCUT2D eigenvalue weighted by molar-refractivity contribution is 6.33. The molecule has 2 rings (SSSR count). The van der Waals surface area contributed by atoms with Crippen molar-refractivity contribution in [3.05, 3.63) is 28.8 Å². The first-order valence-corrected chi connectivity index (χ1v) is 6.46. The number of alkyl halides is 3. The number of rotatable bonds is 4. The fourth-order valence-corrected chi connectivity index (χ4v) is 2.30. The second-order valence-electron chi connectivity index (χ2n) is 4.86. The average Bonchev–Trinajstić information content (AvgIpc) is 3.08. The molecule has 0 unspecified atom stereocenters. The van der Waals surface area contributed by atoms with E-state index in [-0.39, 0.29) is 11.1 Å². The third kappa shape index (κ3) is 3.76. The Hall–Kier alpha value is -0.940. The quantitative estimate of drug-likeness (QED) is 0.909.